The second kappa shape index (κ2) is 8.91. The number of unbranched alkanes of at least 4 members (excludes halogenated alkanes) is 1. The number of hydrogen-bond acceptors (Lipinski definition) is 3. The van der Waals surface area contributed by atoms with Gasteiger partial charge in [0.05, 0.1) is 6.61 Å². The van der Waals surface area contributed by atoms with E-state index >= 15 is 0 Å². The van der Waals surface area contributed by atoms with Crippen molar-refractivity contribution >= 4 is 15.4 Å². The Labute approximate surface area is 111 Å². The maximum absolute atomic E-state index is 5.65. The number of benzene rings is 1. The van der Waals surface area contributed by atoms with Crippen LogP contribution in [0.25, 0.3) is 6.08 Å². The van der Waals surface area contributed by atoms with Crippen LogP contribution in [0.15, 0.2) is 30.8 Å². The molecule has 100 valence electrons. The molecular formula is C14H22O3Si. The molecule has 0 radical (unpaired) electrons. The van der Waals surface area contributed by atoms with Gasteiger partial charge in [0.2, 0.25) is 0 Å². The van der Waals surface area contributed by atoms with Crippen LogP contribution in [-0.4, -0.2) is 30.1 Å². The lowest BCUT2D eigenvalue weighted by Crippen LogP contribution is -2.18. The van der Waals surface area contributed by atoms with E-state index in [2.05, 4.69) is 6.58 Å². The molecule has 0 unspecified atom stereocenters. The van der Waals surface area contributed by atoms with Crippen molar-refractivity contribution in [3.05, 3.63) is 36.4 Å². The minimum absolute atomic E-state index is 0.738. The van der Waals surface area contributed by atoms with Crippen LogP contribution in [0.5, 0.6) is 5.75 Å². The predicted molar refractivity (Wildman–Crippen MR) is 77.2 cm³/mol. The Kier molecular flexibility index (Phi) is 7.40. The zero-order valence-corrected chi connectivity index (χ0v) is 12.4. The monoisotopic (exact) mass is 266 g/mol. The third-order valence-electron chi connectivity index (χ3n) is 2.74. The molecule has 0 fully saturated rings. The summed E-state index contributed by atoms with van der Waals surface area (Å²) in [6, 6.07) is 8.98. The second-order valence-electron chi connectivity index (χ2n) is 4.02. The van der Waals surface area contributed by atoms with Crippen molar-refractivity contribution in [3.8, 4) is 5.75 Å². The molecular weight excluding hydrogens is 244 g/mol. The number of hydrogen-bond donors (Lipinski definition) is 0. The largest absolute Gasteiger partial charge is 0.494 e. The normalized spacial score (nSPS) is 10.6. The smallest absolute Gasteiger partial charge is 0.320 e. The van der Waals surface area contributed by atoms with E-state index in [0.717, 1.165) is 36.8 Å². The average molecular weight is 266 g/mol. The SMILES string of the molecule is C=Cc1ccc(OCCCC[SiH](OC)OC)cc1. The third-order valence-corrected chi connectivity index (χ3v) is 4.68. The fourth-order valence-electron chi connectivity index (χ4n) is 1.64. The second-order valence-corrected chi connectivity index (χ2v) is 6.40. The van der Waals surface area contributed by atoms with Gasteiger partial charge < -0.3 is 13.6 Å². The van der Waals surface area contributed by atoms with Crippen molar-refractivity contribution in [1.82, 2.24) is 0 Å². The molecule has 0 aliphatic carbocycles. The molecule has 0 heterocycles. The molecule has 0 aliphatic heterocycles. The quantitative estimate of drug-likeness (QED) is 0.508. The van der Waals surface area contributed by atoms with Crippen LogP contribution < -0.4 is 4.74 Å². The van der Waals surface area contributed by atoms with Crippen LogP contribution in [-0.2, 0) is 8.85 Å². The zero-order chi connectivity index (χ0) is 13.2. The highest BCUT2D eigenvalue weighted by Gasteiger charge is 2.08. The average Bonchev–Trinajstić information content (AvgIpc) is 2.43. The van der Waals surface area contributed by atoms with Gasteiger partial charge in [-0.1, -0.05) is 24.8 Å². The lowest BCUT2D eigenvalue weighted by molar-refractivity contribution is 0.271. The molecule has 3 nitrogen and oxygen atoms in total. The minimum Gasteiger partial charge on any atom is -0.494 e. The van der Waals surface area contributed by atoms with E-state index < -0.39 is 9.28 Å². The molecule has 4 heteroatoms. The van der Waals surface area contributed by atoms with E-state index in [0.29, 0.717) is 0 Å². The molecule has 0 spiro atoms. The van der Waals surface area contributed by atoms with Gasteiger partial charge in [0.15, 0.2) is 0 Å². The molecule has 0 saturated carbocycles. The molecule has 0 atom stereocenters. The number of rotatable bonds is 9. The summed E-state index contributed by atoms with van der Waals surface area (Å²) in [5, 5.41) is 0. The topological polar surface area (TPSA) is 27.7 Å². The Morgan fingerprint density at radius 2 is 1.78 bits per heavy atom. The minimum atomic E-state index is -1.39. The summed E-state index contributed by atoms with van der Waals surface area (Å²) in [5.74, 6) is 0.910. The Morgan fingerprint density at radius 3 is 2.33 bits per heavy atom. The Morgan fingerprint density at radius 1 is 1.11 bits per heavy atom. The van der Waals surface area contributed by atoms with E-state index in [1.54, 1.807) is 14.2 Å². The Bertz CT molecular complexity index is 333. The summed E-state index contributed by atoms with van der Waals surface area (Å²) in [7, 11) is 2.05. The first-order valence-electron chi connectivity index (χ1n) is 6.21. The van der Waals surface area contributed by atoms with Crippen molar-refractivity contribution in [2.75, 3.05) is 20.8 Å². The molecule has 0 bridgehead atoms. The highest BCUT2D eigenvalue weighted by molar-refractivity contribution is 6.44. The maximum Gasteiger partial charge on any atom is 0.320 e. The Hall–Kier alpha value is -1.10. The standard InChI is InChI=1S/C14H22O3Si/c1-4-13-7-9-14(10-8-13)17-11-5-6-12-18(15-2)16-3/h4,7-10,18H,1,5-6,11-12H2,2-3H3. The van der Waals surface area contributed by atoms with Crippen molar-refractivity contribution in [3.63, 3.8) is 0 Å². The molecule has 0 amide bonds. The molecule has 0 aliphatic rings. The van der Waals surface area contributed by atoms with E-state index in [4.69, 9.17) is 13.6 Å². The summed E-state index contributed by atoms with van der Waals surface area (Å²) in [5.41, 5.74) is 1.11. The molecule has 0 N–H and O–H groups in total. The van der Waals surface area contributed by atoms with Gasteiger partial charge in [-0.3, -0.25) is 0 Å². The summed E-state index contributed by atoms with van der Waals surface area (Å²) >= 11 is 0. The van der Waals surface area contributed by atoms with Crippen LogP contribution in [0.3, 0.4) is 0 Å². The molecule has 1 aromatic carbocycles. The first-order chi connectivity index (χ1) is 8.80. The molecule has 18 heavy (non-hydrogen) atoms. The van der Waals surface area contributed by atoms with Crippen molar-refractivity contribution in [1.29, 1.82) is 0 Å². The summed E-state index contributed by atoms with van der Waals surface area (Å²) in [6.07, 6.45) is 3.94. The van der Waals surface area contributed by atoms with Gasteiger partial charge in [-0.2, -0.15) is 0 Å². The van der Waals surface area contributed by atoms with Gasteiger partial charge in [0.1, 0.15) is 5.75 Å². The van der Waals surface area contributed by atoms with Crippen LogP contribution in [0.1, 0.15) is 18.4 Å². The van der Waals surface area contributed by atoms with Crippen molar-refractivity contribution < 1.29 is 13.6 Å². The molecule has 0 aromatic heterocycles. The van der Waals surface area contributed by atoms with E-state index in [9.17, 15) is 0 Å². The van der Waals surface area contributed by atoms with E-state index in [1.807, 2.05) is 30.3 Å². The summed E-state index contributed by atoms with van der Waals surface area (Å²) in [4.78, 5) is 0. The van der Waals surface area contributed by atoms with Gasteiger partial charge in [-0.05, 0) is 36.6 Å². The van der Waals surface area contributed by atoms with Crippen LogP contribution in [0.2, 0.25) is 6.04 Å². The molecule has 1 aromatic rings. The first-order valence-corrected chi connectivity index (χ1v) is 7.97. The van der Waals surface area contributed by atoms with E-state index in [1.165, 1.54) is 0 Å². The fraction of sp³-hybridized carbons (Fsp3) is 0.429. The van der Waals surface area contributed by atoms with E-state index in [-0.39, 0.29) is 0 Å². The third kappa shape index (κ3) is 5.49. The van der Waals surface area contributed by atoms with Crippen molar-refractivity contribution in [2.45, 2.75) is 18.9 Å². The lowest BCUT2D eigenvalue weighted by Gasteiger charge is -2.10. The highest BCUT2D eigenvalue weighted by atomic mass is 28.3. The van der Waals surface area contributed by atoms with Gasteiger partial charge in [0.25, 0.3) is 0 Å². The predicted octanol–water partition coefficient (Wildman–Crippen LogP) is 3.00. The highest BCUT2D eigenvalue weighted by Crippen LogP contribution is 2.13. The zero-order valence-electron chi connectivity index (χ0n) is 11.2. The molecule has 1 rings (SSSR count). The van der Waals surface area contributed by atoms with Crippen LogP contribution in [0, 0.1) is 0 Å². The summed E-state index contributed by atoms with van der Waals surface area (Å²) in [6.45, 7) is 4.46. The summed E-state index contributed by atoms with van der Waals surface area (Å²) < 4.78 is 16.2. The Balaban J connectivity index is 2.15. The first kappa shape index (κ1) is 15.0. The van der Waals surface area contributed by atoms with Gasteiger partial charge >= 0.3 is 9.28 Å². The van der Waals surface area contributed by atoms with Gasteiger partial charge in [0, 0.05) is 14.2 Å². The maximum atomic E-state index is 5.65. The van der Waals surface area contributed by atoms with Crippen LogP contribution >= 0.6 is 0 Å². The fourth-order valence-corrected chi connectivity index (χ4v) is 2.92. The molecule has 0 saturated heterocycles. The van der Waals surface area contributed by atoms with Gasteiger partial charge in [-0.15, -0.1) is 0 Å². The lowest BCUT2D eigenvalue weighted by atomic mass is 10.2. The number of ether oxygens (including phenoxy) is 1. The van der Waals surface area contributed by atoms with Crippen molar-refractivity contribution in [2.24, 2.45) is 0 Å². The van der Waals surface area contributed by atoms with Gasteiger partial charge in [-0.25, -0.2) is 0 Å². The van der Waals surface area contributed by atoms with Crippen LogP contribution in [0.4, 0.5) is 0 Å².